The summed E-state index contributed by atoms with van der Waals surface area (Å²) in [6, 6.07) is 4.19. The van der Waals surface area contributed by atoms with Crippen molar-refractivity contribution in [3.8, 4) is 5.75 Å². The molecule has 0 radical (unpaired) electrons. The van der Waals surface area contributed by atoms with Crippen LogP contribution in [0.2, 0.25) is 0 Å². The number of fused-ring (bicyclic) bond motifs is 1. The summed E-state index contributed by atoms with van der Waals surface area (Å²) in [7, 11) is -1.58. The van der Waals surface area contributed by atoms with Crippen LogP contribution in [0, 0.1) is 0 Å². The third-order valence-corrected chi connectivity index (χ3v) is 6.23. The van der Waals surface area contributed by atoms with Crippen LogP contribution in [0.3, 0.4) is 0 Å². The summed E-state index contributed by atoms with van der Waals surface area (Å²) in [6.45, 7) is -0.442. The zero-order valence-corrected chi connectivity index (χ0v) is 15.0. The maximum absolute atomic E-state index is 12.1. The fraction of sp³-hybridized carbons (Fsp3) is 0.412. The number of amides is 1. The molecule has 8 nitrogen and oxygen atoms in total. The zero-order chi connectivity index (χ0) is 18.9. The van der Waals surface area contributed by atoms with Gasteiger partial charge in [0.15, 0.2) is 16.4 Å². The van der Waals surface area contributed by atoms with Crippen molar-refractivity contribution in [2.24, 2.45) is 0 Å². The largest absolute Gasteiger partial charge is 0.508 e. The second-order valence-corrected chi connectivity index (χ2v) is 8.57. The van der Waals surface area contributed by atoms with E-state index in [0.29, 0.717) is 23.0 Å². The third kappa shape index (κ3) is 3.98. The highest BCUT2D eigenvalue weighted by Crippen LogP contribution is 2.25. The van der Waals surface area contributed by atoms with Gasteiger partial charge in [-0.05, 0) is 18.6 Å². The van der Waals surface area contributed by atoms with Gasteiger partial charge in [-0.25, -0.2) is 8.42 Å². The number of furan rings is 1. The van der Waals surface area contributed by atoms with E-state index in [4.69, 9.17) is 9.15 Å². The van der Waals surface area contributed by atoms with Gasteiger partial charge in [0.1, 0.15) is 11.3 Å². The molecule has 1 fully saturated rings. The average Bonchev–Trinajstić information content (AvgIpc) is 3.14. The predicted molar refractivity (Wildman–Crippen MR) is 92.4 cm³/mol. The minimum absolute atomic E-state index is 0.0585. The maximum atomic E-state index is 12.1. The Morgan fingerprint density at radius 1 is 1.38 bits per heavy atom. The molecule has 1 N–H and O–H groups in total. The Hall–Kier alpha value is -2.55. The van der Waals surface area contributed by atoms with E-state index in [2.05, 4.69) is 0 Å². The second kappa shape index (κ2) is 6.99. The molecular weight excluding hydrogens is 362 g/mol. The number of nitrogens with zero attached hydrogens (tertiary/aromatic N) is 1. The summed E-state index contributed by atoms with van der Waals surface area (Å²) in [5.74, 6) is -0.970. The first-order chi connectivity index (χ1) is 12.2. The molecule has 0 spiro atoms. The van der Waals surface area contributed by atoms with Crippen molar-refractivity contribution in [1.82, 2.24) is 4.90 Å². The van der Waals surface area contributed by atoms with Gasteiger partial charge in [-0.1, -0.05) is 0 Å². The van der Waals surface area contributed by atoms with Crippen molar-refractivity contribution in [2.45, 2.75) is 18.9 Å². The molecule has 140 valence electrons. The van der Waals surface area contributed by atoms with Crippen molar-refractivity contribution in [3.05, 3.63) is 30.0 Å². The van der Waals surface area contributed by atoms with Crippen LogP contribution in [-0.2, 0) is 30.6 Å². The van der Waals surface area contributed by atoms with Crippen LogP contribution in [0.1, 0.15) is 12.0 Å². The Labute approximate surface area is 150 Å². The average molecular weight is 381 g/mol. The SMILES string of the molecule is CN(C(=O)COC(=O)Cc1coc2cc(O)ccc12)[C@H]1CCS(=O)(=O)C1. The molecule has 0 bridgehead atoms. The lowest BCUT2D eigenvalue weighted by atomic mass is 10.1. The number of benzene rings is 1. The van der Waals surface area contributed by atoms with Crippen LogP contribution in [-0.4, -0.2) is 61.5 Å². The van der Waals surface area contributed by atoms with E-state index in [1.807, 2.05) is 0 Å². The molecule has 1 saturated heterocycles. The lowest BCUT2D eigenvalue weighted by Crippen LogP contribution is -2.40. The molecule has 0 saturated carbocycles. The van der Waals surface area contributed by atoms with Gasteiger partial charge in [0.05, 0.1) is 24.2 Å². The topological polar surface area (TPSA) is 114 Å². The molecule has 1 atom stereocenters. The number of hydrogen-bond acceptors (Lipinski definition) is 7. The fourth-order valence-corrected chi connectivity index (χ4v) is 4.72. The number of carbonyl (C=O) groups is 2. The number of phenolic OH excluding ortho intramolecular Hbond substituents is 1. The van der Waals surface area contributed by atoms with E-state index in [1.165, 1.54) is 30.3 Å². The number of ether oxygens (including phenoxy) is 1. The number of esters is 1. The van der Waals surface area contributed by atoms with Gasteiger partial charge in [0, 0.05) is 30.1 Å². The molecule has 2 aromatic rings. The monoisotopic (exact) mass is 381 g/mol. The van der Waals surface area contributed by atoms with E-state index in [-0.39, 0.29) is 29.7 Å². The molecule has 0 aliphatic carbocycles. The van der Waals surface area contributed by atoms with Gasteiger partial charge in [0.2, 0.25) is 0 Å². The Morgan fingerprint density at radius 2 is 2.15 bits per heavy atom. The van der Waals surface area contributed by atoms with Crippen LogP contribution in [0.15, 0.2) is 28.9 Å². The van der Waals surface area contributed by atoms with Gasteiger partial charge in [-0.2, -0.15) is 0 Å². The first-order valence-corrected chi connectivity index (χ1v) is 9.88. The van der Waals surface area contributed by atoms with Gasteiger partial charge >= 0.3 is 5.97 Å². The summed E-state index contributed by atoms with van der Waals surface area (Å²) >= 11 is 0. The van der Waals surface area contributed by atoms with Gasteiger partial charge in [0.25, 0.3) is 5.91 Å². The predicted octanol–water partition coefficient (Wildman–Crippen LogP) is 0.870. The van der Waals surface area contributed by atoms with E-state index in [9.17, 15) is 23.1 Å². The summed E-state index contributed by atoms with van der Waals surface area (Å²) in [5.41, 5.74) is 1.04. The number of sulfone groups is 1. The molecule has 1 aromatic heterocycles. The summed E-state index contributed by atoms with van der Waals surface area (Å²) in [5, 5.41) is 10.1. The highest BCUT2D eigenvalue weighted by Gasteiger charge is 2.32. The van der Waals surface area contributed by atoms with Crippen LogP contribution >= 0.6 is 0 Å². The highest BCUT2D eigenvalue weighted by atomic mass is 32.2. The van der Waals surface area contributed by atoms with Crippen molar-refractivity contribution < 1.29 is 32.3 Å². The van der Waals surface area contributed by atoms with E-state index in [0.717, 1.165) is 0 Å². The maximum Gasteiger partial charge on any atom is 0.310 e. The normalized spacial score (nSPS) is 18.7. The van der Waals surface area contributed by atoms with Gasteiger partial charge in [-0.15, -0.1) is 0 Å². The van der Waals surface area contributed by atoms with Gasteiger partial charge in [-0.3, -0.25) is 9.59 Å². The Kier molecular flexibility index (Phi) is 4.90. The fourth-order valence-electron chi connectivity index (χ4n) is 2.94. The quantitative estimate of drug-likeness (QED) is 0.764. The molecule has 3 rings (SSSR count). The zero-order valence-electron chi connectivity index (χ0n) is 14.2. The van der Waals surface area contributed by atoms with Crippen molar-refractivity contribution in [2.75, 3.05) is 25.2 Å². The standard InChI is InChI=1S/C17H19NO7S/c1-18(12-4-5-26(22,23)10-12)16(20)9-25-17(21)6-11-8-24-15-7-13(19)2-3-14(11)15/h2-3,7-8,12,19H,4-6,9-10H2,1H3/t12-/m0/s1. The van der Waals surface area contributed by atoms with E-state index in [1.54, 1.807) is 6.07 Å². The summed E-state index contributed by atoms with van der Waals surface area (Å²) < 4.78 is 33.3. The van der Waals surface area contributed by atoms with E-state index < -0.39 is 28.3 Å². The molecule has 26 heavy (non-hydrogen) atoms. The molecular formula is C17H19NO7S. The van der Waals surface area contributed by atoms with Gasteiger partial charge < -0.3 is 19.2 Å². The number of rotatable bonds is 5. The number of hydrogen-bond donors (Lipinski definition) is 1. The molecule has 1 aliphatic rings. The lowest BCUT2D eigenvalue weighted by Gasteiger charge is -2.23. The smallest absolute Gasteiger partial charge is 0.310 e. The minimum atomic E-state index is -3.09. The summed E-state index contributed by atoms with van der Waals surface area (Å²) in [4.78, 5) is 25.4. The molecule has 2 heterocycles. The van der Waals surface area contributed by atoms with Crippen LogP contribution in [0.4, 0.5) is 0 Å². The molecule has 0 unspecified atom stereocenters. The number of carbonyl (C=O) groups excluding carboxylic acids is 2. The number of aromatic hydroxyl groups is 1. The molecule has 1 amide bonds. The number of phenols is 1. The Balaban J connectivity index is 1.54. The summed E-state index contributed by atoms with van der Waals surface area (Å²) in [6.07, 6.45) is 1.72. The number of likely N-dealkylation sites (N-methyl/N-ethyl adjacent to an activating group) is 1. The molecule has 1 aromatic carbocycles. The Bertz CT molecular complexity index is 947. The first kappa shape index (κ1) is 18.2. The third-order valence-electron chi connectivity index (χ3n) is 4.48. The van der Waals surface area contributed by atoms with Crippen LogP contribution < -0.4 is 0 Å². The highest BCUT2D eigenvalue weighted by molar-refractivity contribution is 7.91. The molecule has 9 heteroatoms. The van der Waals surface area contributed by atoms with Crippen molar-refractivity contribution in [1.29, 1.82) is 0 Å². The van der Waals surface area contributed by atoms with E-state index >= 15 is 0 Å². The Morgan fingerprint density at radius 3 is 2.85 bits per heavy atom. The van der Waals surface area contributed by atoms with Crippen LogP contribution in [0.25, 0.3) is 11.0 Å². The molecule has 1 aliphatic heterocycles. The lowest BCUT2D eigenvalue weighted by molar-refractivity contribution is -0.151. The van der Waals surface area contributed by atoms with Crippen LogP contribution in [0.5, 0.6) is 5.75 Å². The van der Waals surface area contributed by atoms with Crippen molar-refractivity contribution >= 4 is 32.7 Å². The first-order valence-electron chi connectivity index (χ1n) is 8.06. The van der Waals surface area contributed by atoms with Crippen molar-refractivity contribution in [3.63, 3.8) is 0 Å². The minimum Gasteiger partial charge on any atom is -0.508 e. The second-order valence-electron chi connectivity index (χ2n) is 6.34.